The van der Waals surface area contributed by atoms with E-state index in [9.17, 15) is 29.4 Å². The minimum atomic E-state index is -1.50. The van der Waals surface area contributed by atoms with Gasteiger partial charge in [-0.1, -0.05) is 20.3 Å². The molecule has 32 heavy (non-hydrogen) atoms. The highest BCUT2D eigenvalue weighted by Gasteiger charge is 2.32. The number of nitrogens with one attached hydrogen (secondary N) is 3. The SMILES string of the molecule is CCC(C)C(N)C(=O)NC(CCSC)C(=O)NC(CCSC)C(=O)NC(C(=O)O)C(C)O. The Hall–Kier alpha value is -1.50. The molecule has 0 saturated heterocycles. The summed E-state index contributed by atoms with van der Waals surface area (Å²) in [7, 11) is 0. The smallest absolute Gasteiger partial charge is 0.328 e. The quantitative estimate of drug-likeness (QED) is 0.170. The number of aliphatic hydroxyl groups is 1. The molecule has 186 valence electrons. The highest BCUT2D eigenvalue weighted by Crippen LogP contribution is 2.09. The highest BCUT2D eigenvalue weighted by molar-refractivity contribution is 7.98. The van der Waals surface area contributed by atoms with Crippen LogP contribution in [0.4, 0.5) is 0 Å². The summed E-state index contributed by atoms with van der Waals surface area (Å²) in [4.78, 5) is 49.4. The molecule has 0 aliphatic rings. The molecular weight excluding hydrogens is 456 g/mol. The molecule has 0 aromatic carbocycles. The lowest BCUT2D eigenvalue weighted by Gasteiger charge is -2.26. The van der Waals surface area contributed by atoms with Gasteiger partial charge in [-0.25, -0.2) is 4.79 Å². The molecule has 0 aliphatic heterocycles. The van der Waals surface area contributed by atoms with E-state index in [0.717, 1.165) is 0 Å². The van der Waals surface area contributed by atoms with E-state index < -0.39 is 54.0 Å². The Morgan fingerprint density at radius 3 is 1.69 bits per heavy atom. The van der Waals surface area contributed by atoms with Crippen LogP contribution in [0.15, 0.2) is 0 Å². The van der Waals surface area contributed by atoms with Gasteiger partial charge in [-0.15, -0.1) is 0 Å². The number of thioether (sulfide) groups is 2. The van der Waals surface area contributed by atoms with Crippen molar-refractivity contribution in [1.82, 2.24) is 16.0 Å². The number of carboxylic acids is 1. The lowest BCUT2D eigenvalue weighted by molar-refractivity contribution is -0.145. The second-order valence-corrected chi connectivity index (χ2v) is 9.63. The molecule has 0 radical (unpaired) electrons. The zero-order valence-electron chi connectivity index (χ0n) is 19.4. The van der Waals surface area contributed by atoms with E-state index >= 15 is 0 Å². The van der Waals surface area contributed by atoms with Crippen LogP contribution in [-0.4, -0.2) is 88.2 Å². The molecule has 12 heteroatoms. The van der Waals surface area contributed by atoms with E-state index in [2.05, 4.69) is 16.0 Å². The van der Waals surface area contributed by atoms with Crippen LogP contribution >= 0.6 is 23.5 Å². The average molecular weight is 495 g/mol. The van der Waals surface area contributed by atoms with Crippen LogP contribution in [0.3, 0.4) is 0 Å². The zero-order chi connectivity index (χ0) is 24.8. The van der Waals surface area contributed by atoms with Gasteiger partial charge in [0.15, 0.2) is 6.04 Å². The van der Waals surface area contributed by atoms with Gasteiger partial charge < -0.3 is 31.9 Å². The number of carbonyl (C=O) groups is 4. The fraction of sp³-hybridized carbons (Fsp3) is 0.800. The third-order valence-electron chi connectivity index (χ3n) is 5.09. The van der Waals surface area contributed by atoms with E-state index in [1.165, 1.54) is 30.4 Å². The molecular formula is C20H38N4O6S2. The summed E-state index contributed by atoms with van der Waals surface area (Å²) >= 11 is 2.97. The van der Waals surface area contributed by atoms with E-state index in [-0.39, 0.29) is 12.3 Å². The second kappa shape index (κ2) is 16.2. The van der Waals surface area contributed by atoms with Crippen LogP contribution in [-0.2, 0) is 19.2 Å². The Bertz CT molecular complexity index is 623. The molecule has 0 aromatic rings. The fourth-order valence-corrected chi connectivity index (χ4v) is 3.65. The molecule has 0 heterocycles. The summed E-state index contributed by atoms with van der Waals surface area (Å²) in [6.07, 6.45) is 3.70. The van der Waals surface area contributed by atoms with Crippen molar-refractivity contribution in [3.63, 3.8) is 0 Å². The van der Waals surface area contributed by atoms with Crippen molar-refractivity contribution in [1.29, 1.82) is 0 Å². The summed E-state index contributed by atoms with van der Waals surface area (Å²) in [6, 6.07) is -4.17. The van der Waals surface area contributed by atoms with Crippen LogP contribution in [0.5, 0.6) is 0 Å². The molecule has 0 rings (SSSR count). The van der Waals surface area contributed by atoms with Gasteiger partial charge in [-0.3, -0.25) is 14.4 Å². The van der Waals surface area contributed by atoms with Gasteiger partial charge in [0, 0.05) is 0 Å². The summed E-state index contributed by atoms with van der Waals surface area (Å²) < 4.78 is 0. The van der Waals surface area contributed by atoms with E-state index in [0.29, 0.717) is 24.3 Å². The number of amides is 3. The second-order valence-electron chi connectivity index (χ2n) is 7.66. The van der Waals surface area contributed by atoms with Crippen molar-refractivity contribution >= 4 is 47.2 Å². The minimum absolute atomic E-state index is 0.0622. The van der Waals surface area contributed by atoms with Gasteiger partial charge in [0.05, 0.1) is 12.1 Å². The first-order valence-corrected chi connectivity index (χ1v) is 13.3. The Morgan fingerprint density at radius 1 is 0.875 bits per heavy atom. The molecule has 0 aliphatic carbocycles. The number of hydrogen-bond acceptors (Lipinski definition) is 8. The molecule has 6 unspecified atom stereocenters. The molecule has 0 saturated carbocycles. The number of carboxylic acid groups (broad SMARTS) is 1. The van der Waals surface area contributed by atoms with Gasteiger partial charge in [0.25, 0.3) is 0 Å². The normalized spacial score (nSPS) is 16.7. The third-order valence-corrected chi connectivity index (χ3v) is 6.38. The lowest BCUT2D eigenvalue weighted by atomic mass is 9.99. The molecule has 0 aromatic heterocycles. The molecule has 0 fully saturated rings. The Labute approximate surface area is 198 Å². The summed E-state index contributed by atoms with van der Waals surface area (Å²) in [5.74, 6) is -2.01. The molecule has 10 nitrogen and oxygen atoms in total. The zero-order valence-corrected chi connectivity index (χ0v) is 21.1. The molecule has 0 spiro atoms. The monoisotopic (exact) mass is 494 g/mol. The molecule has 3 amide bonds. The first-order chi connectivity index (χ1) is 15.0. The molecule has 7 N–H and O–H groups in total. The van der Waals surface area contributed by atoms with Gasteiger partial charge in [-0.05, 0) is 49.7 Å². The number of carbonyl (C=O) groups excluding carboxylic acids is 3. The Balaban J connectivity index is 5.44. The number of nitrogens with two attached hydrogens (primary N) is 1. The summed E-state index contributed by atoms with van der Waals surface area (Å²) in [5, 5.41) is 26.4. The van der Waals surface area contributed by atoms with Crippen LogP contribution in [0.2, 0.25) is 0 Å². The van der Waals surface area contributed by atoms with Gasteiger partial charge in [-0.2, -0.15) is 23.5 Å². The predicted octanol–water partition coefficient (Wildman–Crippen LogP) is -0.214. The highest BCUT2D eigenvalue weighted by atomic mass is 32.2. The van der Waals surface area contributed by atoms with Crippen molar-refractivity contribution in [3.05, 3.63) is 0 Å². The maximum atomic E-state index is 12.9. The third kappa shape index (κ3) is 10.9. The van der Waals surface area contributed by atoms with Crippen LogP contribution in [0.25, 0.3) is 0 Å². The van der Waals surface area contributed by atoms with E-state index in [1.54, 1.807) is 0 Å². The standard InChI is InChI=1S/C20H38N4O6S2/c1-6-11(2)15(21)19(28)23-13(7-9-31-4)17(26)22-14(8-10-32-5)18(27)24-16(12(3)25)20(29)30/h11-16,25H,6-10,21H2,1-5H3,(H,22,26)(H,23,28)(H,24,27)(H,29,30). The molecule has 6 atom stereocenters. The first-order valence-electron chi connectivity index (χ1n) is 10.5. The minimum Gasteiger partial charge on any atom is -0.480 e. The number of hydrogen-bond donors (Lipinski definition) is 6. The summed E-state index contributed by atoms with van der Waals surface area (Å²) in [5.41, 5.74) is 5.98. The maximum Gasteiger partial charge on any atom is 0.328 e. The lowest BCUT2D eigenvalue weighted by Crippen LogP contribution is -2.58. The van der Waals surface area contributed by atoms with Gasteiger partial charge in [0.1, 0.15) is 12.1 Å². The Kier molecular flexibility index (Phi) is 15.4. The van der Waals surface area contributed by atoms with Crippen molar-refractivity contribution in [2.24, 2.45) is 11.7 Å². The van der Waals surface area contributed by atoms with Crippen molar-refractivity contribution in [3.8, 4) is 0 Å². The van der Waals surface area contributed by atoms with Gasteiger partial charge in [0.2, 0.25) is 17.7 Å². The van der Waals surface area contributed by atoms with Crippen molar-refractivity contribution < 1.29 is 29.4 Å². The average Bonchev–Trinajstić information content (AvgIpc) is 2.75. The number of rotatable bonds is 16. The fourth-order valence-electron chi connectivity index (χ4n) is 2.70. The largest absolute Gasteiger partial charge is 0.480 e. The van der Waals surface area contributed by atoms with Gasteiger partial charge >= 0.3 is 5.97 Å². The molecule has 0 bridgehead atoms. The van der Waals surface area contributed by atoms with Crippen LogP contribution in [0.1, 0.15) is 40.0 Å². The topological polar surface area (TPSA) is 171 Å². The first kappa shape index (κ1) is 30.5. The number of aliphatic carboxylic acids is 1. The van der Waals surface area contributed by atoms with E-state index in [1.807, 2.05) is 26.4 Å². The van der Waals surface area contributed by atoms with Crippen LogP contribution in [0, 0.1) is 5.92 Å². The summed E-state index contributed by atoms with van der Waals surface area (Å²) in [6.45, 7) is 5.02. The van der Waals surface area contributed by atoms with Crippen molar-refractivity contribution in [2.75, 3.05) is 24.0 Å². The van der Waals surface area contributed by atoms with Crippen LogP contribution < -0.4 is 21.7 Å². The van der Waals surface area contributed by atoms with Crippen molar-refractivity contribution in [2.45, 2.75) is 70.3 Å². The predicted molar refractivity (Wildman–Crippen MR) is 129 cm³/mol. The number of aliphatic hydroxyl groups excluding tert-OH is 1. The van der Waals surface area contributed by atoms with E-state index in [4.69, 9.17) is 5.73 Å². The maximum absolute atomic E-state index is 12.9. The Morgan fingerprint density at radius 2 is 1.31 bits per heavy atom.